The first-order chi connectivity index (χ1) is 7.57. The molecule has 0 unspecified atom stereocenters. The number of ether oxygens (including phenoxy) is 1. The summed E-state index contributed by atoms with van der Waals surface area (Å²) in [5.74, 6) is -0.980. The van der Waals surface area contributed by atoms with Gasteiger partial charge in [0.15, 0.2) is 0 Å². The third kappa shape index (κ3) is 2.64. The molecule has 16 heavy (non-hydrogen) atoms. The van der Waals surface area contributed by atoms with Gasteiger partial charge in [-0.2, -0.15) is 0 Å². The normalized spacial score (nSPS) is 10.1. The number of carboxylic acids is 1. The summed E-state index contributed by atoms with van der Waals surface area (Å²) in [4.78, 5) is 12.8. The highest BCUT2D eigenvalue weighted by atomic mass is 16.5. The number of nitrogen functional groups attached to an aromatic ring is 1. The number of nitrogens with two attached hydrogens (primary N) is 1. The van der Waals surface area contributed by atoms with Crippen LogP contribution in [0.25, 0.3) is 0 Å². The molecule has 0 aliphatic rings. The van der Waals surface area contributed by atoms with Gasteiger partial charge in [0, 0.05) is 20.7 Å². The lowest BCUT2D eigenvalue weighted by Gasteiger charge is -2.22. The van der Waals surface area contributed by atoms with Gasteiger partial charge in [0.1, 0.15) is 0 Å². The smallest absolute Gasteiger partial charge is 0.337 e. The van der Waals surface area contributed by atoms with E-state index in [9.17, 15) is 4.79 Å². The fourth-order valence-corrected chi connectivity index (χ4v) is 1.50. The Morgan fingerprint density at radius 2 is 2.25 bits per heavy atom. The molecule has 0 saturated heterocycles. The van der Waals surface area contributed by atoms with E-state index in [1.54, 1.807) is 31.2 Å². The van der Waals surface area contributed by atoms with Crippen LogP contribution in [-0.2, 0) is 4.74 Å². The summed E-state index contributed by atoms with van der Waals surface area (Å²) in [6.07, 6.45) is 0. The van der Waals surface area contributed by atoms with Gasteiger partial charge in [-0.15, -0.1) is 0 Å². The van der Waals surface area contributed by atoms with Gasteiger partial charge in [0.2, 0.25) is 0 Å². The molecule has 0 aliphatic heterocycles. The van der Waals surface area contributed by atoms with Gasteiger partial charge in [-0.05, 0) is 12.1 Å². The van der Waals surface area contributed by atoms with Gasteiger partial charge in [0.05, 0.1) is 23.5 Å². The van der Waals surface area contributed by atoms with E-state index in [1.807, 2.05) is 0 Å². The Morgan fingerprint density at radius 1 is 1.56 bits per heavy atom. The van der Waals surface area contributed by atoms with E-state index in [0.29, 0.717) is 24.5 Å². The number of rotatable bonds is 5. The van der Waals surface area contributed by atoms with Crippen molar-refractivity contribution in [2.24, 2.45) is 0 Å². The van der Waals surface area contributed by atoms with Crippen LogP contribution in [0.3, 0.4) is 0 Å². The van der Waals surface area contributed by atoms with E-state index in [0.717, 1.165) is 0 Å². The minimum Gasteiger partial charge on any atom is -0.478 e. The Kier molecular flexibility index (Phi) is 4.13. The van der Waals surface area contributed by atoms with Gasteiger partial charge >= 0.3 is 5.97 Å². The third-order valence-corrected chi connectivity index (χ3v) is 2.31. The van der Waals surface area contributed by atoms with Crippen LogP contribution in [0.5, 0.6) is 0 Å². The molecule has 0 radical (unpaired) electrons. The van der Waals surface area contributed by atoms with Gasteiger partial charge in [-0.1, -0.05) is 6.07 Å². The van der Waals surface area contributed by atoms with Crippen LogP contribution in [0.4, 0.5) is 11.4 Å². The van der Waals surface area contributed by atoms with E-state index in [1.165, 1.54) is 6.07 Å². The number of hydrogen-bond acceptors (Lipinski definition) is 4. The number of para-hydroxylation sites is 1. The Morgan fingerprint density at radius 3 is 2.81 bits per heavy atom. The largest absolute Gasteiger partial charge is 0.478 e. The molecule has 3 N–H and O–H groups in total. The van der Waals surface area contributed by atoms with Crippen LogP contribution < -0.4 is 10.6 Å². The molecule has 0 fully saturated rings. The van der Waals surface area contributed by atoms with Crippen molar-refractivity contribution < 1.29 is 14.6 Å². The maximum Gasteiger partial charge on any atom is 0.337 e. The van der Waals surface area contributed by atoms with Gasteiger partial charge < -0.3 is 20.5 Å². The van der Waals surface area contributed by atoms with Crippen LogP contribution in [-0.4, -0.2) is 38.4 Å². The molecule has 0 bridgehead atoms. The molecule has 1 aromatic carbocycles. The second-order valence-corrected chi connectivity index (χ2v) is 3.46. The molecule has 0 saturated carbocycles. The Labute approximate surface area is 94.4 Å². The number of nitrogens with zero attached hydrogens (tertiary/aromatic N) is 1. The first-order valence-electron chi connectivity index (χ1n) is 4.89. The summed E-state index contributed by atoms with van der Waals surface area (Å²) in [6.45, 7) is 1.11. The van der Waals surface area contributed by atoms with Gasteiger partial charge in [-0.25, -0.2) is 4.79 Å². The van der Waals surface area contributed by atoms with Crippen molar-refractivity contribution in [3.63, 3.8) is 0 Å². The lowest BCUT2D eigenvalue weighted by molar-refractivity contribution is 0.0697. The Hall–Kier alpha value is -1.75. The lowest BCUT2D eigenvalue weighted by atomic mass is 10.1. The zero-order valence-corrected chi connectivity index (χ0v) is 9.43. The van der Waals surface area contributed by atoms with Gasteiger partial charge in [-0.3, -0.25) is 0 Å². The Bertz CT molecular complexity index is 379. The summed E-state index contributed by atoms with van der Waals surface area (Å²) >= 11 is 0. The fourth-order valence-electron chi connectivity index (χ4n) is 1.50. The topological polar surface area (TPSA) is 75.8 Å². The van der Waals surface area contributed by atoms with E-state index < -0.39 is 5.97 Å². The molecule has 1 aromatic rings. The molecule has 0 aliphatic carbocycles. The van der Waals surface area contributed by atoms with Crippen LogP contribution in [0.1, 0.15) is 10.4 Å². The summed E-state index contributed by atoms with van der Waals surface area (Å²) < 4.78 is 4.94. The maximum absolute atomic E-state index is 11.0. The zero-order chi connectivity index (χ0) is 12.1. The first-order valence-corrected chi connectivity index (χ1v) is 4.89. The molecule has 1 rings (SSSR count). The van der Waals surface area contributed by atoms with Crippen molar-refractivity contribution in [3.8, 4) is 0 Å². The highest BCUT2D eigenvalue weighted by Crippen LogP contribution is 2.26. The second-order valence-electron chi connectivity index (χ2n) is 3.46. The standard InChI is InChI=1S/C11H16N2O3/c1-13(6-7-16-2)10-8(11(14)15)4-3-5-9(10)12/h3-5H,6-7,12H2,1-2H3,(H,14,15). The molecule has 0 heterocycles. The highest BCUT2D eigenvalue weighted by Gasteiger charge is 2.15. The minimum atomic E-state index is -0.980. The fraction of sp³-hybridized carbons (Fsp3) is 0.364. The highest BCUT2D eigenvalue weighted by molar-refractivity contribution is 5.97. The Balaban J connectivity index is 3.04. The number of hydrogen-bond donors (Lipinski definition) is 2. The summed E-state index contributed by atoms with van der Waals surface area (Å²) in [5.41, 5.74) is 6.98. The number of methoxy groups -OCH3 is 1. The predicted octanol–water partition coefficient (Wildman–Crippen LogP) is 1.05. The minimum absolute atomic E-state index is 0.207. The van der Waals surface area contributed by atoms with Crippen molar-refractivity contribution in [3.05, 3.63) is 23.8 Å². The number of anilines is 2. The molecule has 0 aromatic heterocycles. The van der Waals surface area contributed by atoms with Crippen molar-refractivity contribution in [2.75, 3.05) is 37.9 Å². The number of likely N-dealkylation sites (N-methyl/N-ethyl adjacent to an activating group) is 1. The predicted molar refractivity (Wildman–Crippen MR) is 63.0 cm³/mol. The molecule has 0 amide bonds. The van der Waals surface area contributed by atoms with Crippen molar-refractivity contribution >= 4 is 17.3 Å². The number of carboxylic acid groups (broad SMARTS) is 1. The summed E-state index contributed by atoms with van der Waals surface area (Å²) in [7, 11) is 3.39. The van der Waals surface area contributed by atoms with E-state index in [4.69, 9.17) is 15.6 Å². The molecule has 0 spiro atoms. The summed E-state index contributed by atoms with van der Waals surface area (Å²) in [6, 6.07) is 4.86. The van der Waals surface area contributed by atoms with E-state index in [2.05, 4.69) is 0 Å². The third-order valence-electron chi connectivity index (χ3n) is 2.31. The van der Waals surface area contributed by atoms with Crippen LogP contribution >= 0.6 is 0 Å². The van der Waals surface area contributed by atoms with Crippen molar-refractivity contribution in [1.29, 1.82) is 0 Å². The average Bonchev–Trinajstić information content (AvgIpc) is 2.25. The molecular formula is C11H16N2O3. The maximum atomic E-state index is 11.0. The molecule has 0 atom stereocenters. The van der Waals surface area contributed by atoms with E-state index >= 15 is 0 Å². The van der Waals surface area contributed by atoms with Crippen LogP contribution in [0, 0.1) is 0 Å². The molecule has 5 nitrogen and oxygen atoms in total. The molecule has 88 valence electrons. The van der Waals surface area contributed by atoms with Crippen LogP contribution in [0.2, 0.25) is 0 Å². The lowest BCUT2D eigenvalue weighted by Crippen LogP contribution is -2.25. The van der Waals surface area contributed by atoms with Crippen molar-refractivity contribution in [1.82, 2.24) is 0 Å². The van der Waals surface area contributed by atoms with Crippen LogP contribution in [0.15, 0.2) is 18.2 Å². The number of benzene rings is 1. The monoisotopic (exact) mass is 224 g/mol. The average molecular weight is 224 g/mol. The molecule has 5 heteroatoms. The quantitative estimate of drug-likeness (QED) is 0.731. The SMILES string of the molecule is COCCN(C)c1c(N)cccc1C(=O)O. The molecular weight excluding hydrogens is 208 g/mol. The number of aromatic carboxylic acids is 1. The zero-order valence-electron chi connectivity index (χ0n) is 9.43. The summed E-state index contributed by atoms with van der Waals surface area (Å²) in [5, 5.41) is 9.05. The van der Waals surface area contributed by atoms with Gasteiger partial charge in [0.25, 0.3) is 0 Å². The number of carbonyl (C=O) groups is 1. The van der Waals surface area contributed by atoms with E-state index in [-0.39, 0.29) is 5.56 Å². The second kappa shape index (κ2) is 5.37. The van der Waals surface area contributed by atoms with Crippen molar-refractivity contribution in [2.45, 2.75) is 0 Å². The first kappa shape index (κ1) is 12.3.